The molecule has 7 heteroatoms. The molecule has 0 bridgehead atoms. The first-order chi connectivity index (χ1) is 15.4. The van der Waals surface area contributed by atoms with Crippen LogP contribution in [0.4, 0.5) is 5.69 Å². The number of rotatable bonds is 4. The molecule has 1 aliphatic rings. The third-order valence-electron chi connectivity index (χ3n) is 5.55. The van der Waals surface area contributed by atoms with Gasteiger partial charge in [-0.15, -0.1) is 0 Å². The highest BCUT2D eigenvalue weighted by Crippen LogP contribution is 2.30. The fourth-order valence-corrected chi connectivity index (χ4v) is 4.22. The van der Waals surface area contributed by atoms with E-state index >= 15 is 0 Å². The number of nitriles is 2. The van der Waals surface area contributed by atoms with Crippen LogP contribution >= 0.6 is 15.9 Å². The number of nitrogens with two attached hydrogens (primary N) is 1. The number of anilines is 1. The van der Waals surface area contributed by atoms with Gasteiger partial charge in [0.15, 0.2) is 0 Å². The zero-order valence-corrected chi connectivity index (χ0v) is 19.3. The molecule has 0 aliphatic carbocycles. The van der Waals surface area contributed by atoms with E-state index in [1.165, 1.54) is 0 Å². The fraction of sp³-hybridized carbons (Fsp3) is 0.160. The first-order valence-electron chi connectivity index (χ1n) is 10.1. The van der Waals surface area contributed by atoms with Crippen molar-refractivity contribution in [3.63, 3.8) is 0 Å². The average molecular weight is 485 g/mol. The maximum absolute atomic E-state index is 9.94. The predicted molar refractivity (Wildman–Crippen MR) is 130 cm³/mol. The Kier molecular flexibility index (Phi) is 5.96. The molecule has 1 aromatic heterocycles. The Bertz CT molecular complexity index is 1290. The number of nitrogens with zero attached hydrogens (tertiary/aromatic N) is 5. The number of para-hydroxylation sites is 1. The topological polar surface area (TPSA) is 94.1 Å². The standard InChI is InChI=1S/C25H21BrN6/c1-16-12-18(17(2)31(16)21-10-8-20(26)9-11-21)13-19(14-27)24-23(15-28)25(29)32(30-24)22-6-4-3-5-7-22/h3-13,23,25H,29H2,1-2H3/b19-13-/t23-,25+/m1/s1. The Morgan fingerprint density at radius 3 is 2.38 bits per heavy atom. The van der Waals surface area contributed by atoms with Crippen LogP contribution in [0.25, 0.3) is 11.8 Å². The number of hydrazone groups is 1. The molecule has 0 unspecified atom stereocenters. The first kappa shape index (κ1) is 21.6. The second-order valence-corrected chi connectivity index (χ2v) is 8.49. The molecule has 0 radical (unpaired) electrons. The zero-order valence-electron chi connectivity index (χ0n) is 17.7. The molecular weight excluding hydrogens is 464 g/mol. The minimum atomic E-state index is -0.712. The van der Waals surface area contributed by atoms with Gasteiger partial charge < -0.3 is 10.3 Å². The molecule has 2 heterocycles. The van der Waals surface area contributed by atoms with Gasteiger partial charge in [0, 0.05) is 21.5 Å². The van der Waals surface area contributed by atoms with Gasteiger partial charge in [0.25, 0.3) is 0 Å². The number of aromatic nitrogens is 1. The number of benzene rings is 2. The van der Waals surface area contributed by atoms with E-state index in [0.29, 0.717) is 11.3 Å². The highest BCUT2D eigenvalue weighted by molar-refractivity contribution is 9.10. The summed E-state index contributed by atoms with van der Waals surface area (Å²) in [4.78, 5) is 0. The predicted octanol–water partition coefficient (Wildman–Crippen LogP) is 5.06. The lowest BCUT2D eigenvalue weighted by atomic mass is 9.95. The smallest absolute Gasteiger partial charge is 0.127 e. The molecule has 2 aromatic carbocycles. The van der Waals surface area contributed by atoms with Crippen molar-refractivity contribution < 1.29 is 0 Å². The molecule has 3 aromatic rings. The number of hydrogen-bond acceptors (Lipinski definition) is 5. The molecule has 0 saturated heterocycles. The molecule has 4 rings (SSSR count). The Hall–Kier alpha value is -3.65. The third-order valence-corrected chi connectivity index (χ3v) is 6.07. The summed E-state index contributed by atoms with van der Waals surface area (Å²) in [5.74, 6) is -0.712. The highest BCUT2D eigenvalue weighted by atomic mass is 79.9. The Balaban J connectivity index is 1.76. The van der Waals surface area contributed by atoms with E-state index in [4.69, 9.17) is 5.73 Å². The molecule has 0 saturated carbocycles. The quantitative estimate of drug-likeness (QED) is 0.523. The van der Waals surface area contributed by atoms with Gasteiger partial charge in [-0.05, 0) is 68.0 Å². The summed E-state index contributed by atoms with van der Waals surface area (Å²) in [7, 11) is 0. The van der Waals surface area contributed by atoms with Crippen molar-refractivity contribution in [2.24, 2.45) is 16.8 Å². The lowest BCUT2D eigenvalue weighted by molar-refractivity contribution is 0.624. The van der Waals surface area contributed by atoms with Gasteiger partial charge in [0.2, 0.25) is 0 Å². The molecule has 0 amide bonds. The van der Waals surface area contributed by atoms with Gasteiger partial charge in [0.1, 0.15) is 18.2 Å². The number of aryl methyl sites for hydroxylation is 1. The minimum Gasteiger partial charge on any atom is -0.318 e. The largest absolute Gasteiger partial charge is 0.318 e. The zero-order chi connectivity index (χ0) is 22.8. The van der Waals surface area contributed by atoms with Crippen molar-refractivity contribution in [2.45, 2.75) is 20.0 Å². The van der Waals surface area contributed by atoms with Crippen molar-refractivity contribution in [1.82, 2.24) is 4.57 Å². The van der Waals surface area contributed by atoms with Crippen LogP contribution in [0.15, 0.2) is 75.8 Å². The van der Waals surface area contributed by atoms with Crippen LogP contribution in [-0.2, 0) is 0 Å². The average Bonchev–Trinajstić information content (AvgIpc) is 3.28. The lowest BCUT2D eigenvalue weighted by Crippen LogP contribution is -2.40. The summed E-state index contributed by atoms with van der Waals surface area (Å²) in [6.07, 6.45) is 1.13. The van der Waals surface area contributed by atoms with E-state index in [1.54, 1.807) is 11.1 Å². The Morgan fingerprint density at radius 2 is 1.75 bits per heavy atom. The van der Waals surface area contributed by atoms with Crippen LogP contribution in [0, 0.1) is 42.4 Å². The van der Waals surface area contributed by atoms with Crippen LogP contribution in [0.3, 0.4) is 0 Å². The number of hydrogen-bond donors (Lipinski definition) is 1. The van der Waals surface area contributed by atoms with Gasteiger partial charge in [-0.1, -0.05) is 34.1 Å². The van der Waals surface area contributed by atoms with Crippen molar-refractivity contribution in [3.8, 4) is 17.8 Å². The Morgan fingerprint density at radius 1 is 1.06 bits per heavy atom. The van der Waals surface area contributed by atoms with E-state index in [1.807, 2.05) is 74.5 Å². The second kappa shape index (κ2) is 8.84. The van der Waals surface area contributed by atoms with E-state index in [2.05, 4.69) is 37.7 Å². The van der Waals surface area contributed by atoms with Gasteiger partial charge in [0.05, 0.1) is 23.0 Å². The summed E-state index contributed by atoms with van der Waals surface area (Å²) in [6, 6.07) is 24.0. The molecule has 6 nitrogen and oxygen atoms in total. The van der Waals surface area contributed by atoms with Gasteiger partial charge in [-0.25, -0.2) is 5.01 Å². The van der Waals surface area contributed by atoms with E-state index in [0.717, 1.165) is 32.8 Å². The number of allylic oxidation sites excluding steroid dienone is 1. The summed E-state index contributed by atoms with van der Waals surface area (Å²) in [6.45, 7) is 4.03. The van der Waals surface area contributed by atoms with Crippen LogP contribution in [-0.4, -0.2) is 16.4 Å². The monoisotopic (exact) mass is 484 g/mol. The SMILES string of the molecule is Cc1cc(/C=C(/C#N)C2=NN(c3ccccc3)[C@H](N)[C@@H]2C#N)c(C)n1-c1ccc(Br)cc1. The summed E-state index contributed by atoms with van der Waals surface area (Å²) in [5, 5.41) is 25.9. The summed E-state index contributed by atoms with van der Waals surface area (Å²) < 4.78 is 3.14. The first-order valence-corrected chi connectivity index (χ1v) is 10.9. The maximum Gasteiger partial charge on any atom is 0.127 e. The summed E-state index contributed by atoms with van der Waals surface area (Å²) >= 11 is 3.47. The molecule has 0 spiro atoms. The molecule has 2 atom stereocenters. The van der Waals surface area contributed by atoms with E-state index in [9.17, 15) is 10.5 Å². The molecule has 32 heavy (non-hydrogen) atoms. The van der Waals surface area contributed by atoms with Crippen LogP contribution < -0.4 is 10.7 Å². The van der Waals surface area contributed by atoms with Crippen molar-refractivity contribution in [2.75, 3.05) is 5.01 Å². The van der Waals surface area contributed by atoms with Gasteiger partial charge in [-0.2, -0.15) is 15.6 Å². The van der Waals surface area contributed by atoms with Crippen LogP contribution in [0.5, 0.6) is 0 Å². The van der Waals surface area contributed by atoms with Crippen molar-refractivity contribution >= 4 is 33.4 Å². The fourth-order valence-electron chi connectivity index (χ4n) is 3.96. The maximum atomic E-state index is 9.94. The van der Waals surface area contributed by atoms with E-state index in [-0.39, 0.29) is 0 Å². The third kappa shape index (κ3) is 3.85. The van der Waals surface area contributed by atoms with E-state index < -0.39 is 12.1 Å². The lowest BCUT2D eigenvalue weighted by Gasteiger charge is -2.21. The molecule has 0 fully saturated rings. The molecular formula is C25H21BrN6. The van der Waals surface area contributed by atoms with Crippen molar-refractivity contribution in [1.29, 1.82) is 10.5 Å². The molecule has 2 N–H and O–H groups in total. The normalized spacial score (nSPS) is 18.2. The van der Waals surface area contributed by atoms with Crippen LogP contribution in [0.2, 0.25) is 0 Å². The number of halogens is 1. The van der Waals surface area contributed by atoms with Gasteiger partial charge in [-0.3, -0.25) is 0 Å². The minimum absolute atomic E-state index is 0.335. The molecule has 1 aliphatic heterocycles. The van der Waals surface area contributed by atoms with Crippen molar-refractivity contribution in [3.05, 3.63) is 87.7 Å². The van der Waals surface area contributed by atoms with Crippen LogP contribution in [0.1, 0.15) is 17.0 Å². The Labute approximate surface area is 195 Å². The second-order valence-electron chi connectivity index (χ2n) is 7.57. The molecule has 158 valence electrons. The van der Waals surface area contributed by atoms with Gasteiger partial charge >= 0.3 is 0 Å². The summed E-state index contributed by atoms with van der Waals surface area (Å²) in [5.41, 5.74) is 11.8. The highest BCUT2D eigenvalue weighted by Gasteiger charge is 2.37.